The number of ether oxygens (including phenoxy) is 1. The summed E-state index contributed by atoms with van der Waals surface area (Å²) in [7, 11) is 0. The maximum absolute atomic E-state index is 6.03. The average molecular weight is 306 g/mol. The lowest BCUT2D eigenvalue weighted by molar-refractivity contribution is 0.295. The highest BCUT2D eigenvalue weighted by Gasteiger charge is 2.19. The van der Waals surface area contributed by atoms with Gasteiger partial charge >= 0.3 is 0 Å². The molecule has 0 aliphatic carbocycles. The number of rotatable bonds is 5. The van der Waals surface area contributed by atoms with Crippen LogP contribution < -0.4 is 4.74 Å². The summed E-state index contributed by atoms with van der Waals surface area (Å²) in [5.41, 5.74) is 1.10. The topological polar surface area (TPSA) is 47.9 Å². The van der Waals surface area contributed by atoms with E-state index >= 15 is 0 Å². The molecule has 0 unspecified atom stereocenters. The molecular formula is C16H20ClN3O. The third-order valence-electron chi connectivity index (χ3n) is 2.95. The van der Waals surface area contributed by atoms with Gasteiger partial charge in [0.05, 0.1) is 6.61 Å². The van der Waals surface area contributed by atoms with Crippen LogP contribution in [0, 0.1) is 0 Å². The van der Waals surface area contributed by atoms with E-state index in [0.717, 1.165) is 12.8 Å². The van der Waals surface area contributed by atoms with Crippen LogP contribution in [0.4, 0.5) is 0 Å². The number of hydrogen-bond donors (Lipinski definition) is 0. The molecule has 0 saturated carbocycles. The monoisotopic (exact) mass is 305 g/mol. The summed E-state index contributed by atoms with van der Waals surface area (Å²) in [6.45, 7) is 6.74. The summed E-state index contributed by atoms with van der Waals surface area (Å²) in [5.74, 6) is 1.23. The second-order valence-electron chi connectivity index (χ2n) is 5.91. The van der Waals surface area contributed by atoms with E-state index in [-0.39, 0.29) is 5.41 Å². The zero-order chi connectivity index (χ0) is 15.3. The number of pyridine rings is 1. The molecule has 0 N–H and O–H groups in total. The average Bonchev–Trinajstić information content (AvgIpc) is 2.43. The lowest BCUT2D eigenvalue weighted by Gasteiger charge is -2.17. The maximum atomic E-state index is 6.03. The van der Waals surface area contributed by atoms with Gasteiger partial charge in [-0.3, -0.25) is 4.98 Å². The molecule has 0 aliphatic rings. The molecule has 0 fully saturated rings. The van der Waals surface area contributed by atoms with Crippen LogP contribution in [0.5, 0.6) is 5.88 Å². The second-order valence-corrected chi connectivity index (χ2v) is 6.30. The molecule has 5 heteroatoms. The van der Waals surface area contributed by atoms with Crippen molar-refractivity contribution in [2.45, 2.75) is 39.0 Å². The van der Waals surface area contributed by atoms with Crippen LogP contribution >= 0.6 is 11.6 Å². The van der Waals surface area contributed by atoms with Crippen LogP contribution in [0.1, 0.15) is 38.6 Å². The first kappa shape index (κ1) is 15.7. The van der Waals surface area contributed by atoms with Gasteiger partial charge in [0.25, 0.3) is 0 Å². The number of nitrogens with zero attached hydrogens (tertiary/aromatic N) is 3. The fourth-order valence-corrected chi connectivity index (χ4v) is 1.98. The van der Waals surface area contributed by atoms with Gasteiger partial charge < -0.3 is 4.74 Å². The van der Waals surface area contributed by atoms with Crippen molar-refractivity contribution in [1.82, 2.24) is 15.0 Å². The Hall–Kier alpha value is -1.68. The molecule has 21 heavy (non-hydrogen) atoms. The first-order chi connectivity index (χ1) is 9.95. The molecule has 0 atom stereocenters. The highest BCUT2D eigenvalue weighted by atomic mass is 35.5. The molecule has 0 aromatic carbocycles. The van der Waals surface area contributed by atoms with Crippen molar-refractivity contribution < 1.29 is 4.74 Å². The SMILES string of the molecule is CC(C)(C)c1nc(Cl)cc(OCCCc2ccncc2)n1. The predicted molar refractivity (Wildman–Crippen MR) is 83.8 cm³/mol. The Morgan fingerprint density at radius 2 is 1.86 bits per heavy atom. The summed E-state index contributed by atoms with van der Waals surface area (Å²) in [6, 6.07) is 5.68. The summed E-state index contributed by atoms with van der Waals surface area (Å²) >= 11 is 6.03. The molecule has 0 bridgehead atoms. The van der Waals surface area contributed by atoms with E-state index in [1.54, 1.807) is 18.5 Å². The third kappa shape index (κ3) is 4.97. The maximum Gasteiger partial charge on any atom is 0.218 e. The molecule has 0 saturated heterocycles. The summed E-state index contributed by atoms with van der Waals surface area (Å²) in [5, 5.41) is 0.416. The van der Waals surface area contributed by atoms with Crippen molar-refractivity contribution in [3.05, 3.63) is 47.1 Å². The number of halogens is 1. The lowest BCUT2D eigenvalue weighted by Crippen LogP contribution is -2.16. The van der Waals surface area contributed by atoms with Crippen LogP contribution in [0.3, 0.4) is 0 Å². The number of hydrogen-bond acceptors (Lipinski definition) is 4. The standard InChI is InChI=1S/C16H20ClN3O/c1-16(2,3)15-19-13(17)11-14(20-15)21-10-4-5-12-6-8-18-9-7-12/h6-9,11H,4-5,10H2,1-3H3. The fraction of sp³-hybridized carbons (Fsp3) is 0.438. The Morgan fingerprint density at radius 1 is 1.14 bits per heavy atom. The van der Waals surface area contributed by atoms with E-state index in [4.69, 9.17) is 16.3 Å². The molecular weight excluding hydrogens is 286 g/mol. The zero-order valence-electron chi connectivity index (χ0n) is 12.6. The molecule has 0 amide bonds. The Balaban J connectivity index is 1.90. The second kappa shape index (κ2) is 6.85. The van der Waals surface area contributed by atoms with E-state index in [0.29, 0.717) is 23.5 Å². The summed E-state index contributed by atoms with van der Waals surface area (Å²) in [6.07, 6.45) is 5.47. The smallest absolute Gasteiger partial charge is 0.218 e. The molecule has 0 spiro atoms. The van der Waals surface area contributed by atoms with Gasteiger partial charge in [-0.15, -0.1) is 0 Å². The molecule has 112 valence electrons. The van der Waals surface area contributed by atoms with Crippen LogP contribution in [0.25, 0.3) is 0 Å². The zero-order valence-corrected chi connectivity index (χ0v) is 13.4. The van der Waals surface area contributed by atoms with Gasteiger partial charge in [-0.05, 0) is 30.5 Å². The van der Waals surface area contributed by atoms with Gasteiger partial charge in [0.1, 0.15) is 11.0 Å². The number of aryl methyl sites for hydroxylation is 1. The van der Waals surface area contributed by atoms with Crippen molar-refractivity contribution in [2.24, 2.45) is 0 Å². The lowest BCUT2D eigenvalue weighted by atomic mass is 9.96. The quantitative estimate of drug-likeness (QED) is 0.622. The minimum atomic E-state index is -0.153. The van der Waals surface area contributed by atoms with Crippen LogP contribution in [0.2, 0.25) is 5.15 Å². The van der Waals surface area contributed by atoms with Crippen molar-refractivity contribution in [3.63, 3.8) is 0 Å². The molecule has 2 heterocycles. The minimum Gasteiger partial charge on any atom is -0.478 e. The van der Waals surface area contributed by atoms with E-state index in [1.807, 2.05) is 32.9 Å². The van der Waals surface area contributed by atoms with Gasteiger partial charge in [0.2, 0.25) is 5.88 Å². The molecule has 2 aromatic rings. The number of aromatic nitrogens is 3. The Bertz CT molecular complexity index is 582. The molecule has 0 aliphatic heterocycles. The minimum absolute atomic E-state index is 0.153. The first-order valence-corrected chi connectivity index (χ1v) is 7.40. The van der Waals surface area contributed by atoms with Crippen LogP contribution in [-0.2, 0) is 11.8 Å². The van der Waals surface area contributed by atoms with Crippen molar-refractivity contribution in [3.8, 4) is 5.88 Å². The van der Waals surface area contributed by atoms with Crippen molar-refractivity contribution in [2.75, 3.05) is 6.61 Å². The molecule has 2 aromatic heterocycles. The van der Waals surface area contributed by atoms with Crippen LogP contribution in [-0.4, -0.2) is 21.6 Å². The van der Waals surface area contributed by atoms with E-state index in [9.17, 15) is 0 Å². The van der Waals surface area contributed by atoms with Gasteiger partial charge in [-0.1, -0.05) is 32.4 Å². The van der Waals surface area contributed by atoms with Gasteiger partial charge in [-0.25, -0.2) is 4.98 Å². The Morgan fingerprint density at radius 3 is 2.52 bits per heavy atom. The summed E-state index contributed by atoms with van der Waals surface area (Å²) < 4.78 is 5.69. The largest absolute Gasteiger partial charge is 0.478 e. The van der Waals surface area contributed by atoms with Crippen LogP contribution in [0.15, 0.2) is 30.6 Å². The normalized spacial score (nSPS) is 11.4. The third-order valence-corrected chi connectivity index (χ3v) is 3.14. The highest BCUT2D eigenvalue weighted by molar-refractivity contribution is 6.29. The highest BCUT2D eigenvalue weighted by Crippen LogP contribution is 2.23. The van der Waals surface area contributed by atoms with Crippen molar-refractivity contribution >= 4 is 11.6 Å². The van der Waals surface area contributed by atoms with Gasteiger partial charge in [-0.2, -0.15) is 4.98 Å². The molecule has 0 radical (unpaired) electrons. The molecule has 4 nitrogen and oxygen atoms in total. The van der Waals surface area contributed by atoms with Gasteiger partial charge in [0, 0.05) is 23.9 Å². The molecule has 2 rings (SSSR count). The Labute approximate surface area is 130 Å². The fourth-order valence-electron chi connectivity index (χ4n) is 1.81. The van der Waals surface area contributed by atoms with E-state index in [2.05, 4.69) is 15.0 Å². The van der Waals surface area contributed by atoms with Crippen molar-refractivity contribution in [1.29, 1.82) is 0 Å². The van der Waals surface area contributed by atoms with E-state index < -0.39 is 0 Å². The van der Waals surface area contributed by atoms with E-state index in [1.165, 1.54) is 5.56 Å². The Kier molecular flexibility index (Phi) is 5.12. The first-order valence-electron chi connectivity index (χ1n) is 7.02. The van der Waals surface area contributed by atoms with Gasteiger partial charge in [0.15, 0.2) is 0 Å². The predicted octanol–water partition coefficient (Wildman–Crippen LogP) is 3.83. The summed E-state index contributed by atoms with van der Waals surface area (Å²) in [4.78, 5) is 12.7.